The lowest BCUT2D eigenvalue weighted by Gasteiger charge is -2.15. The highest BCUT2D eigenvalue weighted by atomic mass is 32.2. The maximum Gasteiger partial charge on any atom is 0.163 e. The Hall–Kier alpha value is -1.59. The van der Waals surface area contributed by atoms with Crippen LogP contribution < -0.4 is 0 Å². The van der Waals surface area contributed by atoms with E-state index in [0.717, 1.165) is 55.2 Å². The Bertz CT molecular complexity index is 836. The molecular formula is C22H30O4S. The second-order valence-electron chi connectivity index (χ2n) is 7.58. The summed E-state index contributed by atoms with van der Waals surface area (Å²) in [6.45, 7) is 4.54. The first-order chi connectivity index (χ1) is 13.0. The van der Waals surface area contributed by atoms with E-state index in [-0.39, 0.29) is 17.6 Å². The fraction of sp³-hybridized carbons (Fsp3) is 0.545. The van der Waals surface area contributed by atoms with Gasteiger partial charge in [0.15, 0.2) is 9.84 Å². The topological polar surface area (TPSA) is 63.6 Å². The van der Waals surface area contributed by atoms with Gasteiger partial charge in [-0.05, 0) is 37.3 Å². The number of phenols is 1. The number of rotatable bonds is 8. The zero-order valence-electron chi connectivity index (χ0n) is 16.3. The van der Waals surface area contributed by atoms with E-state index < -0.39 is 15.1 Å². The molecule has 0 radical (unpaired) electrons. The summed E-state index contributed by atoms with van der Waals surface area (Å²) in [5.74, 6) is 0.508. The van der Waals surface area contributed by atoms with E-state index in [4.69, 9.17) is 4.74 Å². The molecule has 2 atom stereocenters. The van der Waals surface area contributed by atoms with Crippen LogP contribution in [0.15, 0.2) is 41.0 Å². The number of sulfone groups is 1. The summed E-state index contributed by atoms with van der Waals surface area (Å²) in [5, 5.41) is 9.62. The molecule has 0 saturated carbocycles. The van der Waals surface area contributed by atoms with Crippen LogP contribution in [-0.4, -0.2) is 37.2 Å². The molecule has 0 spiro atoms. The molecule has 27 heavy (non-hydrogen) atoms. The van der Waals surface area contributed by atoms with Crippen LogP contribution in [-0.2, 0) is 14.6 Å². The van der Waals surface area contributed by atoms with Crippen LogP contribution in [0.3, 0.4) is 0 Å². The Morgan fingerprint density at radius 3 is 2.70 bits per heavy atom. The molecule has 2 heterocycles. The van der Waals surface area contributed by atoms with Crippen molar-refractivity contribution in [3.8, 4) is 5.75 Å². The summed E-state index contributed by atoms with van der Waals surface area (Å²) in [6.07, 6.45) is 7.44. The predicted octanol–water partition coefficient (Wildman–Crippen LogP) is 4.65. The molecule has 3 rings (SSSR count). The van der Waals surface area contributed by atoms with Crippen molar-refractivity contribution >= 4 is 15.9 Å². The average molecular weight is 391 g/mol. The Kier molecular flexibility index (Phi) is 6.43. The van der Waals surface area contributed by atoms with Gasteiger partial charge in [-0.15, -0.1) is 0 Å². The minimum Gasteiger partial charge on any atom is -0.507 e. The maximum absolute atomic E-state index is 12.4. The standard InChI is InChI=1S/C22H30O4S/c1-3-7-16(13-17-9-5-6-10-19(17)23)11-12-20-22-18(8-4-2)15-27(24,25)21(22)14-26-20/h5-6,9-10,13,20-21,23H,3-4,7-8,11-12,14-15H2,1-2H3/b16-13+/t20-,21+/m1/s1. The third-order valence-corrected chi connectivity index (χ3v) is 7.51. The van der Waals surface area contributed by atoms with Gasteiger partial charge in [0.25, 0.3) is 0 Å². The van der Waals surface area contributed by atoms with Gasteiger partial charge in [0.05, 0.1) is 18.5 Å². The lowest BCUT2D eigenvalue weighted by molar-refractivity contribution is 0.117. The normalized spacial score (nSPS) is 24.4. The number of para-hydroxylation sites is 1. The van der Waals surface area contributed by atoms with Gasteiger partial charge in [0.2, 0.25) is 0 Å². The molecule has 0 aliphatic carbocycles. The van der Waals surface area contributed by atoms with Crippen molar-refractivity contribution < 1.29 is 18.3 Å². The minimum atomic E-state index is -3.08. The van der Waals surface area contributed by atoms with Crippen LogP contribution in [0.2, 0.25) is 0 Å². The minimum absolute atomic E-state index is 0.0848. The first-order valence-electron chi connectivity index (χ1n) is 9.98. The lowest BCUT2D eigenvalue weighted by Crippen LogP contribution is -2.19. The summed E-state index contributed by atoms with van der Waals surface area (Å²) in [5.41, 5.74) is 4.24. The van der Waals surface area contributed by atoms with Gasteiger partial charge in [-0.1, -0.05) is 62.1 Å². The summed E-state index contributed by atoms with van der Waals surface area (Å²) < 4.78 is 30.8. The van der Waals surface area contributed by atoms with Crippen molar-refractivity contribution in [2.45, 2.75) is 63.7 Å². The molecule has 1 aromatic carbocycles. The molecule has 1 fully saturated rings. The first-order valence-corrected chi connectivity index (χ1v) is 11.7. The van der Waals surface area contributed by atoms with Gasteiger partial charge in [-0.3, -0.25) is 0 Å². The lowest BCUT2D eigenvalue weighted by atomic mass is 9.93. The van der Waals surface area contributed by atoms with Crippen molar-refractivity contribution in [3.63, 3.8) is 0 Å². The van der Waals surface area contributed by atoms with Crippen LogP contribution in [0.4, 0.5) is 0 Å². The summed E-state index contributed by atoms with van der Waals surface area (Å²) >= 11 is 0. The first kappa shape index (κ1) is 20.2. The van der Waals surface area contributed by atoms with Gasteiger partial charge in [-0.2, -0.15) is 0 Å². The van der Waals surface area contributed by atoms with E-state index in [0.29, 0.717) is 6.61 Å². The van der Waals surface area contributed by atoms with Crippen molar-refractivity contribution in [1.82, 2.24) is 0 Å². The van der Waals surface area contributed by atoms with Crippen molar-refractivity contribution in [3.05, 3.63) is 46.5 Å². The monoisotopic (exact) mass is 390 g/mol. The van der Waals surface area contributed by atoms with E-state index in [1.807, 2.05) is 18.2 Å². The van der Waals surface area contributed by atoms with Crippen LogP contribution in [0, 0.1) is 0 Å². The highest BCUT2D eigenvalue weighted by molar-refractivity contribution is 7.92. The molecule has 5 heteroatoms. The van der Waals surface area contributed by atoms with Crippen molar-refractivity contribution in [1.29, 1.82) is 0 Å². The molecule has 0 unspecified atom stereocenters. The number of phenolic OH excluding ortho intramolecular Hbond substituents is 1. The van der Waals surface area contributed by atoms with Crippen LogP contribution in [0.1, 0.15) is 57.9 Å². The van der Waals surface area contributed by atoms with Gasteiger partial charge < -0.3 is 9.84 Å². The van der Waals surface area contributed by atoms with E-state index in [2.05, 4.69) is 19.9 Å². The summed E-state index contributed by atoms with van der Waals surface area (Å²) in [6, 6.07) is 7.36. The third-order valence-electron chi connectivity index (χ3n) is 5.51. The van der Waals surface area contributed by atoms with Gasteiger partial charge in [0, 0.05) is 5.56 Å². The Labute approximate surface area is 162 Å². The molecule has 0 amide bonds. The number of benzene rings is 1. The average Bonchev–Trinajstić information content (AvgIpc) is 3.15. The number of ether oxygens (including phenoxy) is 1. The molecule has 2 aliphatic rings. The highest BCUT2D eigenvalue weighted by Crippen LogP contribution is 2.40. The summed E-state index contributed by atoms with van der Waals surface area (Å²) in [7, 11) is -3.08. The second kappa shape index (κ2) is 8.61. The van der Waals surface area contributed by atoms with Gasteiger partial charge in [-0.25, -0.2) is 8.42 Å². The van der Waals surface area contributed by atoms with Gasteiger partial charge in [0.1, 0.15) is 11.0 Å². The number of fused-ring (bicyclic) bond motifs is 1. The molecule has 148 valence electrons. The molecule has 1 N–H and O–H groups in total. The highest BCUT2D eigenvalue weighted by Gasteiger charge is 2.46. The smallest absolute Gasteiger partial charge is 0.163 e. The SMILES string of the molecule is CCCC1=C2[C@@H](CC/C(=C/c3ccccc3O)CCC)OC[C@@H]2S(=O)(=O)C1. The van der Waals surface area contributed by atoms with Crippen molar-refractivity contribution in [2.75, 3.05) is 12.4 Å². The zero-order chi connectivity index (χ0) is 19.4. The molecule has 2 aliphatic heterocycles. The quantitative estimate of drug-likeness (QED) is 0.656. The Balaban J connectivity index is 1.76. The number of hydrogen-bond donors (Lipinski definition) is 1. The fourth-order valence-electron chi connectivity index (χ4n) is 4.26. The van der Waals surface area contributed by atoms with E-state index >= 15 is 0 Å². The number of allylic oxidation sites excluding steroid dienone is 1. The number of aromatic hydroxyl groups is 1. The molecular weight excluding hydrogens is 360 g/mol. The molecule has 0 bridgehead atoms. The van der Waals surface area contributed by atoms with E-state index in [1.54, 1.807) is 6.07 Å². The van der Waals surface area contributed by atoms with Crippen molar-refractivity contribution in [2.24, 2.45) is 0 Å². The predicted molar refractivity (Wildman–Crippen MR) is 109 cm³/mol. The van der Waals surface area contributed by atoms with E-state index in [1.165, 1.54) is 5.57 Å². The fourth-order valence-corrected chi connectivity index (χ4v) is 6.25. The maximum atomic E-state index is 12.4. The molecule has 1 saturated heterocycles. The molecule has 1 aromatic rings. The molecule has 0 aromatic heterocycles. The van der Waals surface area contributed by atoms with Crippen LogP contribution in [0.25, 0.3) is 6.08 Å². The largest absolute Gasteiger partial charge is 0.507 e. The Morgan fingerprint density at radius 1 is 1.22 bits per heavy atom. The van der Waals surface area contributed by atoms with Crippen LogP contribution >= 0.6 is 0 Å². The van der Waals surface area contributed by atoms with Crippen LogP contribution in [0.5, 0.6) is 5.75 Å². The third kappa shape index (κ3) is 4.46. The molecule has 4 nitrogen and oxygen atoms in total. The second-order valence-corrected chi connectivity index (χ2v) is 9.76. The van der Waals surface area contributed by atoms with Gasteiger partial charge >= 0.3 is 0 Å². The zero-order valence-corrected chi connectivity index (χ0v) is 17.1. The Morgan fingerprint density at radius 2 is 2.00 bits per heavy atom. The number of hydrogen-bond acceptors (Lipinski definition) is 4. The summed E-state index contributed by atoms with van der Waals surface area (Å²) in [4.78, 5) is 0. The van der Waals surface area contributed by atoms with E-state index in [9.17, 15) is 13.5 Å².